The van der Waals surface area contributed by atoms with Gasteiger partial charge in [-0.05, 0) is 18.1 Å². The fraction of sp³-hybridized carbons (Fsp3) is 0.200. The molecule has 0 heterocycles. The molecule has 0 aliphatic carbocycles. The monoisotopic (exact) mass is 245 g/mol. The van der Waals surface area contributed by atoms with Crippen LogP contribution in [0.1, 0.15) is 11.1 Å². The van der Waals surface area contributed by atoms with E-state index in [0.717, 1.165) is 12.1 Å². The van der Waals surface area contributed by atoms with E-state index in [2.05, 4.69) is 58.9 Å². The van der Waals surface area contributed by atoms with Crippen LogP contribution in [0.15, 0.2) is 61.2 Å². The summed E-state index contributed by atoms with van der Waals surface area (Å²) in [5.74, 6) is 0.200. The first-order chi connectivity index (χ1) is 8.17. The third kappa shape index (κ3) is 4.68. The molecule has 0 spiro atoms. The SMILES string of the molecule is C=C/C=C(\C=C)C(P)NCc1cccc(C)c1. The maximum Gasteiger partial charge on any atom is 0.0466 e. The zero-order valence-electron chi connectivity index (χ0n) is 10.3. The van der Waals surface area contributed by atoms with Crippen LogP contribution in [0.2, 0.25) is 0 Å². The largest absolute Gasteiger partial charge is 0.303 e. The van der Waals surface area contributed by atoms with Crippen molar-refractivity contribution < 1.29 is 0 Å². The molecular weight excluding hydrogens is 225 g/mol. The molecule has 2 heteroatoms. The highest BCUT2D eigenvalue weighted by Crippen LogP contribution is 2.12. The summed E-state index contributed by atoms with van der Waals surface area (Å²) in [5, 5.41) is 3.44. The van der Waals surface area contributed by atoms with Crippen LogP contribution in [0.4, 0.5) is 0 Å². The molecule has 0 radical (unpaired) electrons. The normalized spacial score (nSPS) is 13.2. The molecule has 0 saturated heterocycles. The number of allylic oxidation sites excluding steroid dienone is 2. The van der Waals surface area contributed by atoms with Gasteiger partial charge < -0.3 is 5.32 Å². The van der Waals surface area contributed by atoms with Crippen molar-refractivity contribution in [1.29, 1.82) is 0 Å². The number of hydrogen-bond acceptors (Lipinski definition) is 1. The van der Waals surface area contributed by atoms with Crippen molar-refractivity contribution in [2.24, 2.45) is 0 Å². The summed E-state index contributed by atoms with van der Waals surface area (Å²) in [7, 11) is 2.78. The minimum atomic E-state index is 0.200. The second-order valence-corrected chi connectivity index (χ2v) is 4.62. The Morgan fingerprint density at radius 3 is 2.82 bits per heavy atom. The highest BCUT2D eigenvalue weighted by Gasteiger charge is 2.04. The third-order valence-corrected chi connectivity index (χ3v) is 3.13. The van der Waals surface area contributed by atoms with Gasteiger partial charge in [0.1, 0.15) is 0 Å². The maximum absolute atomic E-state index is 3.80. The lowest BCUT2D eigenvalue weighted by Crippen LogP contribution is -2.24. The molecule has 1 N–H and O–H groups in total. The van der Waals surface area contributed by atoms with Gasteiger partial charge in [0.2, 0.25) is 0 Å². The Labute approximate surface area is 107 Å². The van der Waals surface area contributed by atoms with E-state index < -0.39 is 0 Å². The van der Waals surface area contributed by atoms with Gasteiger partial charge in [-0.25, -0.2) is 0 Å². The van der Waals surface area contributed by atoms with Crippen LogP contribution in [0.3, 0.4) is 0 Å². The fourth-order valence-electron chi connectivity index (χ4n) is 1.60. The molecule has 0 aliphatic rings. The first kappa shape index (κ1) is 13.9. The lowest BCUT2D eigenvalue weighted by molar-refractivity contribution is 0.711. The molecule has 1 aromatic carbocycles. The van der Waals surface area contributed by atoms with Gasteiger partial charge >= 0.3 is 0 Å². The van der Waals surface area contributed by atoms with E-state index in [1.165, 1.54) is 11.1 Å². The van der Waals surface area contributed by atoms with Gasteiger partial charge in [-0.3, -0.25) is 0 Å². The average molecular weight is 245 g/mol. The van der Waals surface area contributed by atoms with Crippen LogP contribution in [0.5, 0.6) is 0 Å². The number of aryl methyl sites for hydroxylation is 1. The van der Waals surface area contributed by atoms with E-state index in [1.807, 2.05) is 12.2 Å². The standard InChI is InChI=1S/C15H20NP/c1-4-7-14(5-2)15(17)16-11-13-9-6-8-12(3)10-13/h4-10,15-16H,1-2,11,17H2,3H3/b14-7+. The number of rotatable bonds is 6. The fourth-order valence-corrected chi connectivity index (χ4v) is 1.97. The molecule has 17 heavy (non-hydrogen) atoms. The maximum atomic E-state index is 3.80. The van der Waals surface area contributed by atoms with Crippen LogP contribution in [0, 0.1) is 6.92 Å². The number of hydrogen-bond donors (Lipinski definition) is 1. The molecule has 2 unspecified atom stereocenters. The van der Waals surface area contributed by atoms with Gasteiger partial charge in [-0.1, -0.05) is 61.2 Å². The quantitative estimate of drug-likeness (QED) is 0.596. The molecule has 0 amide bonds. The smallest absolute Gasteiger partial charge is 0.0466 e. The van der Waals surface area contributed by atoms with Crippen LogP contribution < -0.4 is 5.32 Å². The van der Waals surface area contributed by atoms with Crippen LogP contribution in [-0.2, 0) is 6.54 Å². The molecule has 1 aromatic rings. The minimum absolute atomic E-state index is 0.200. The van der Waals surface area contributed by atoms with Gasteiger partial charge in [-0.2, -0.15) is 0 Å². The lowest BCUT2D eigenvalue weighted by Gasteiger charge is -2.15. The van der Waals surface area contributed by atoms with Gasteiger partial charge in [0.25, 0.3) is 0 Å². The van der Waals surface area contributed by atoms with Crippen molar-refractivity contribution in [3.05, 3.63) is 72.4 Å². The van der Waals surface area contributed by atoms with E-state index in [-0.39, 0.29) is 5.78 Å². The lowest BCUT2D eigenvalue weighted by atomic mass is 10.1. The molecule has 0 aliphatic heterocycles. The summed E-state index contributed by atoms with van der Waals surface area (Å²) < 4.78 is 0. The van der Waals surface area contributed by atoms with Crippen molar-refractivity contribution in [2.75, 3.05) is 0 Å². The van der Waals surface area contributed by atoms with Gasteiger partial charge in [0.15, 0.2) is 0 Å². The van der Waals surface area contributed by atoms with Crippen LogP contribution in [-0.4, -0.2) is 5.78 Å². The highest BCUT2D eigenvalue weighted by molar-refractivity contribution is 7.18. The summed E-state index contributed by atoms with van der Waals surface area (Å²) in [6.07, 6.45) is 5.60. The Morgan fingerprint density at radius 1 is 1.47 bits per heavy atom. The average Bonchev–Trinajstić information content (AvgIpc) is 2.33. The van der Waals surface area contributed by atoms with E-state index in [9.17, 15) is 0 Å². The molecule has 0 saturated carbocycles. The first-order valence-corrected chi connectivity index (χ1v) is 6.33. The molecule has 1 rings (SSSR count). The summed E-state index contributed by atoms with van der Waals surface area (Å²) in [6.45, 7) is 10.5. The van der Waals surface area contributed by atoms with Crippen molar-refractivity contribution in [3.63, 3.8) is 0 Å². The topological polar surface area (TPSA) is 12.0 Å². The van der Waals surface area contributed by atoms with Gasteiger partial charge in [0.05, 0.1) is 0 Å². The third-order valence-electron chi connectivity index (χ3n) is 2.51. The van der Waals surface area contributed by atoms with Gasteiger partial charge in [-0.15, -0.1) is 9.24 Å². The predicted octanol–water partition coefficient (Wildman–Crippen LogP) is 3.58. The first-order valence-electron chi connectivity index (χ1n) is 5.67. The van der Waals surface area contributed by atoms with Crippen molar-refractivity contribution >= 4 is 9.24 Å². The molecule has 1 nitrogen and oxygen atoms in total. The highest BCUT2D eigenvalue weighted by atomic mass is 31.0. The number of nitrogens with one attached hydrogen (secondary N) is 1. The Hall–Kier alpha value is -1.17. The van der Waals surface area contributed by atoms with Crippen LogP contribution in [0.25, 0.3) is 0 Å². The van der Waals surface area contributed by atoms with E-state index in [1.54, 1.807) is 6.08 Å². The van der Waals surface area contributed by atoms with E-state index in [4.69, 9.17) is 0 Å². The molecular formula is C15H20NP. The Morgan fingerprint density at radius 2 is 2.24 bits per heavy atom. The van der Waals surface area contributed by atoms with E-state index in [0.29, 0.717) is 0 Å². The summed E-state index contributed by atoms with van der Waals surface area (Å²) in [5.41, 5.74) is 3.70. The Bertz CT molecular complexity index is 421. The second kappa shape index (κ2) is 7.21. The summed E-state index contributed by atoms with van der Waals surface area (Å²) in [6, 6.07) is 8.50. The van der Waals surface area contributed by atoms with Gasteiger partial charge in [0, 0.05) is 12.3 Å². The predicted molar refractivity (Wildman–Crippen MR) is 80.0 cm³/mol. The minimum Gasteiger partial charge on any atom is -0.303 e. The zero-order chi connectivity index (χ0) is 12.7. The summed E-state index contributed by atoms with van der Waals surface area (Å²) >= 11 is 0. The number of benzene rings is 1. The Balaban J connectivity index is 2.58. The van der Waals surface area contributed by atoms with Crippen molar-refractivity contribution in [2.45, 2.75) is 19.3 Å². The Kier molecular flexibility index (Phi) is 5.90. The molecule has 0 fully saturated rings. The molecule has 2 atom stereocenters. The summed E-state index contributed by atoms with van der Waals surface area (Å²) in [4.78, 5) is 0. The van der Waals surface area contributed by atoms with Crippen molar-refractivity contribution in [3.8, 4) is 0 Å². The second-order valence-electron chi connectivity index (χ2n) is 3.95. The molecule has 90 valence electrons. The molecule has 0 bridgehead atoms. The van der Waals surface area contributed by atoms with E-state index >= 15 is 0 Å². The zero-order valence-corrected chi connectivity index (χ0v) is 11.5. The van der Waals surface area contributed by atoms with Crippen LogP contribution >= 0.6 is 9.24 Å². The molecule has 0 aromatic heterocycles. The van der Waals surface area contributed by atoms with Crippen molar-refractivity contribution in [1.82, 2.24) is 5.32 Å².